The minimum Gasteiger partial charge on any atom is -0.481 e. The van der Waals surface area contributed by atoms with Crippen molar-refractivity contribution in [3.05, 3.63) is 12.2 Å². The summed E-state index contributed by atoms with van der Waals surface area (Å²) in [7, 11) is 1.79. The Labute approximate surface area is 114 Å². The van der Waals surface area contributed by atoms with E-state index in [4.69, 9.17) is 0 Å². The van der Waals surface area contributed by atoms with Crippen LogP contribution in [-0.4, -0.2) is 35.5 Å². The van der Waals surface area contributed by atoms with E-state index in [1.54, 1.807) is 11.9 Å². The number of amides is 1. The summed E-state index contributed by atoms with van der Waals surface area (Å²) in [6.07, 6.45) is 5.85. The van der Waals surface area contributed by atoms with Crippen LogP contribution < -0.4 is 0 Å². The van der Waals surface area contributed by atoms with E-state index in [-0.39, 0.29) is 23.7 Å². The molecule has 2 bridgehead atoms. The predicted molar refractivity (Wildman–Crippen MR) is 72.4 cm³/mol. The molecule has 4 heteroatoms. The highest BCUT2D eigenvalue weighted by molar-refractivity contribution is 5.86. The minimum absolute atomic E-state index is 0.00421. The zero-order chi connectivity index (χ0) is 14.2. The normalized spacial score (nSPS) is 33.4. The van der Waals surface area contributed by atoms with Crippen molar-refractivity contribution in [3.63, 3.8) is 0 Å². The van der Waals surface area contributed by atoms with Gasteiger partial charge in [0.1, 0.15) is 0 Å². The Morgan fingerprint density at radius 1 is 1.32 bits per heavy atom. The lowest BCUT2D eigenvalue weighted by Gasteiger charge is -2.29. The van der Waals surface area contributed by atoms with Gasteiger partial charge >= 0.3 is 5.97 Å². The topological polar surface area (TPSA) is 57.6 Å². The van der Waals surface area contributed by atoms with Gasteiger partial charge in [-0.3, -0.25) is 9.59 Å². The fourth-order valence-electron chi connectivity index (χ4n) is 3.44. The van der Waals surface area contributed by atoms with Gasteiger partial charge in [-0.2, -0.15) is 0 Å². The van der Waals surface area contributed by atoms with E-state index in [1.807, 2.05) is 12.2 Å². The molecule has 2 aliphatic rings. The number of rotatable bonds is 5. The van der Waals surface area contributed by atoms with Gasteiger partial charge in [0, 0.05) is 13.6 Å². The summed E-state index contributed by atoms with van der Waals surface area (Å²) >= 11 is 0. The van der Waals surface area contributed by atoms with Gasteiger partial charge in [-0.15, -0.1) is 0 Å². The van der Waals surface area contributed by atoms with Crippen molar-refractivity contribution < 1.29 is 14.7 Å². The molecule has 3 unspecified atom stereocenters. The number of aliphatic carboxylic acids is 1. The maximum absolute atomic E-state index is 12.5. The quantitative estimate of drug-likeness (QED) is 0.774. The van der Waals surface area contributed by atoms with Crippen LogP contribution in [0, 0.1) is 29.6 Å². The number of nitrogens with zero attached hydrogens (tertiary/aromatic N) is 1. The summed E-state index contributed by atoms with van der Waals surface area (Å²) in [4.78, 5) is 25.7. The number of carboxylic acid groups (broad SMARTS) is 1. The van der Waals surface area contributed by atoms with Crippen LogP contribution in [0.25, 0.3) is 0 Å². The van der Waals surface area contributed by atoms with Crippen LogP contribution in [0.1, 0.15) is 26.7 Å². The van der Waals surface area contributed by atoms with Gasteiger partial charge in [0.05, 0.1) is 11.8 Å². The maximum atomic E-state index is 12.5. The summed E-state index contributed by atoms with van der Waals surface area (Å²) in [6.45, 7) is 4.92. The lowest BCUT2D eigenvalue weighted by molar-refractivity contribution is -0.150. The third kappa shape index (κ3) is 2.53. The van der Waals surface area contributed by atoms with Crippen molar-refractivity contribution in [2.45, 2.75) is 26.7 Å². The van der Waals surface area contributed by atoms with Gasteiger partial charge in [0.25, 0.3) is 0 Å². The molecule has 0 aromatic carbocycles. The Kier molecular flexibility index (Phi) is 3.97. The molecule has 19 heavy (non-hydrogen) atoms. The summed E-state index contributed by atoms with van der Waals surface area (Å²) < 4.78 is 0. The Bertz CT molecular complexity index is 404. The zero-order valence-corrected chi connectivity index (χ0v) is 11.9. The number of hydrogen-bond acceptors (Lipinski definition) is 2. The molecular formula is C15H23NO3. The third-order valence-corrected chi connectivity index (χ3v) is 4.69. The van der Waals surface area contributed by atoms with Crippen LogP contribution in [-0.2, 0) is 9.59 Å². The Hall–Kier alpha value is -1.32. The molecule has 0 spiro atoms. The highest BCUT2D eigenvalue weighted by Gasteiger charge is 2.52. The van der Waals surface area contributed by atoms with Crippen LogP contribution in [0.4, 0.5) is 0 Å². The molecule has 1 fully saturated rings. The van der Waals surface area contributed by atoms with Crippen LogP contribution in [0.2, 0.25) is 0 Å². The van der Waals surface area contributed by atoms with Crippen molar-refractivity contribution in [3.8, 4) is 0 Å². The molecule has 5 atom stereocenters. The average Bonchev–Trinajstić information content (AvgIpc) is 2.97. The molecule has 1 amide bonds. The second-order valence-electron chi connectivity index (χ2n) is 6.07. The lowest BCUT2D eigenvalue weighted by Crippen LogP contribution is -2.42. The summed E-state index contributed by atoms with van der Waals surface area (Å²) in [6, 6.07) is 0. The van der Waals surface area contributed by atoms with Gasteiger partial charge in [-0.25, -0.2) is 0 Å². The molecule has 0 aromatic heterocycles. The Morgan fingerprint density at radius 2 is 1.89 bits per heavy atom. The number of fused-ring (bicyclic) bond motifs is 2. The molecule has 1 saturated carbocycles. The van der Waals surface area contributed by atoms with Crippen LogP contribution >= 0.6 is 0 Å². The molecule has 2 rings (SSSR count). The van der Waals surface area contributed by atoms with Gasteiger partial charge in [0.15, 0.2) is 0 Å². The van der Waals surface area contributed by atoms with E-state index in [0.717, 1.165) is 12.8 Å². The smallest absolute Gasteiger partial charge is 0.307 e. The van der Waals surface area contributed by atoms with Gasteiger partial charge in [-0.05, 0) is 24.2 Å². The van der Waals surface area contributed by atoms with Crippen LogP contribution in [0.15, 0.2) is 12.2 Å². The van der Waals surface area contributed by atoms with E-state index in [1.165, 1.54) is 0 Å². The van der Waals surface area contributed by atoms with Crippen molar-refractivity contribution in [2.24, 2.45) is 29.6 Å². The number of carbonyl (C=O) groups is 2. The van der Waals surface area contributed by atoms with E-state index in [2.05, 4.69) is 13.8 Å². The molecule has 1 N–H and O–H groups in total. The largest absolute Gasteiger partial charge is 0.481 e. The number of allylic oxidation sites excluding steroid dienone is 2. The van der Waals surface area contributed by atoms with E-state index in [9.17, 15) is 14.7 Å². The van der Waals surface area contributed by atoms with Gasteiger partial charge in [0.2, 0.25) is 5.91 Å². The fraction of sp³-hybridized carbons (Fsp3) is 0.733. The van der Waals surface area contributed by atoms with Crippen LogP contribution in [0.5, 0.6) is 0 Å². The van der Waals surface area contributed by atoms with Crippen molar-refractivity contribution in [1.82, 2.24) is 4.90 Å². The molecule has 0 saturated heterocycles. The molecule has 4 nitrogen and oxygen atoms in total. The Morgan fingerprint density at radius 3 is 2.42 bits per heavy atom. The summed E-state index contributed by atoms with van der Waals surface area (Å²) in [5.41, 5.74) is 0. The zero-order valence-electron chi connectivity index (χ0n) is 11.9. The molecular weight excluding hydrogens is 242 g/mol. The molecule has 0 aromatic rings. The SMILES string of the molecule is CCC(C)CN(C)C(=O)[C@H]1C2C=CC(C2)[C@H]1C(=O)O. The van der Waals surface area contributed by atoms with Gasteiger partial charge < -0.3 is 10.0 Å². The first-order chi connectivity index (χ1) is 8.95. The molecule has 2 aliphatic carbocycles. The highest BCUT2D eigenvalue weighted by Crippen LogP contribution is 2.48. The number of carbonyl (C=O) groups excluding carboxylic acids is 1. The molecule has 106 valence electrons. The second-order valence-corrected chi connectivity index (χ2v) is 6.07. The van der Waals surface area contributed by atoms with E-state index < -0.39 is 11.9 Å². The predicted octanol–water partition coefficient (Wildman–Crippen LogP) is 2.01. The molecule has 0 heterocycles. The van der Waals surface area contributed by atoms with E-state index >= 15 is 0 Å². The first-order valence-corrected chi connectivity index (χ1v) is 7.11. The second kappa shape index (κ2) is 5.35. The first kappa shape index (κ1) is 14.1. The fourth-order valence-corrected chi connectivity index (χ4v) is 3.44. The number of hydrogen-bond donors (Lipinski definition) is 1. The maximum Gasteiger partial charge on any atom is 0.307 e. The summed E-state index contributed by atoms with van der Waals surface area (Å²) in [5, 5.41) is 9.36. The van der Waals surface area contributed by atoms with Gasteiger partial charge in [-0.1, -0.05) is 32.4 Å². The van der Waals surface area contributed by atoms with Crippen molar-refractivity contribution in [2.75, 3.05) is 13.6 Å². The van der Waals surface area contributed by atoms with E-state index in [0.29, 0.717) is 12.5 Å². The standard InChI is InChI=1S/C15H23NO3/c1-4-9(2)8-16(3)14(17)12-10-5-6-11(7-10)13(12)15(18)19/h5-6,9-13H,4,7-8H2,1-3H3,(H,18,19)/t9?,10?,11?,12-,13+/m0/s1. The minimum atomic E-state index is -0.827. The van der Waals surface area contributed by atoms with Crippen molar-refractivity contribution in [1.29, 1.82) is 0 Å². The molecule has 0 aliphatic heterocycles. The third-order valence-electron chi connectivity index (χ3n) is 4.69. The average molecular weight is 265 g/mol. The number of carboxylic acids is 1. The summed E-state index contributed by atoms with van der Waals surface area (Å²) in [5.74, 6) is -1.09. The van der Waals surface area contributed by atoms with Crippen molar-refractivity contribution >= 4 is 11.9 Å². The highest BCUT2D eigenvalue weighted by atomic mass is 16.4. The molecule has 0 radical (unpaired) electrons. The lowest BCUT2D eigenvalue weighted by atomic mass is 9.82. The first-order valence-electron chi connectivity index (χ1n) is 7.11. The Balaban J connectivity index is 2.09. The monoisotopic (exact) mass is 265 g/mol. The van der Waals surface area contributed by atoms with Crippen LogP contribution in [0.3, 0.4) is 0 Å².